The molecule has 3 rings (SSSR count). The van der Waals surface area contributed by atoms with Gasteiger partial charge >= 0.3 is 6.09 Å². The Kier molecular flexibility index (Phi) is 6.12. The third kappa shape index (κ3) is 4.67. The van der Waals surface area contributed by atoms with Crippen LogP contribution in [0.15, 0.2) is 42.5 Å². The number of rotatable bonds is 5. The highest BCUT2D eigenvalue weighted by Gasteiger charge is 2.14. The van der Waals surface area contributed by atoms with Gasteiger partial charge in [-0.25, -0.2) is 4.79 Å². The van der Waals surface area contributed by atoms with Crippen LogP contribution in [0.25, 0.3) is 0 Å². The summed E-state index contributed by atoms with van der Waals surface area (Å²) >= 11 is 0. The number of fused-ring (bicyclic) bond motifs is 1. The van der Waals surface area contributed by atoms with Crippen LogP contribution in [-0.4, -0.2) is 30.0 Å². The standard InChI is InChI=1S/C22H26N2O3/c1-3-24(4-2)22(26)27-20-13-10-17(11-14-20)21(25)23-19-12-9-16-7-5-6-8-18(16)15-19/h9-15H,3-8H2,1-2H3,(H,23,25). The number of anilines is 1. The van der Waals surface area contributed by atoms with Crippen molar-refractivity contribution in [2.24, 2.45) is 0 Å². The van der Waals surface area contributed by atoms with Crippen molar-refractivity contribution in [2.45, 2.75) is 39.5 Å². The van der Waals surface area contributed by atoms with Crippen LogP contribution >= 0.6 is 0 Å². The molecule has 0 saturated heterocycles. The van der Waals surface area contributed by atoms with E-state index in [0.29, 0.717) is 24.4 Å². The minimum absolute atomic E-state index is 0.174. The van der Waals surface area contributed by atoms with Crippen molar-refractivity contribution in [3.8, 4) is 5.75 Å². The molecular formula is C22H26N2O3. The van der Waals surface area contributed by atoms with Crippen LogP contribution in [0.4, 0.5) is 10.5 Å². The second-order valence-corrected chi connectivity index (χ2v) is 6.71. The second-order valence-electron chi connectivity index (χ2n) is 6.71. The van der Waals surface area contributed by atoms with Crippen molar-refractivity contribution >= 4 is 17.7 Å². The van der Waals surface area contributed by atoms with Gasteiger partial charge < -0.3 is 15.0 Å². The fourth-order valence-electron chi connectivity index (χ4n) is 3.34. The summed E-state index contributed by atoms with van der Waals surface area (Å²) in [5, 5.41) is 2.95. The van der Waals surface area contributed by atoms with Crippen molar-refractivity contribution < 1.29 is 14.3 Å². The highest BCUT2D eigenvalue weighted by Crippen LogP contribution is 2.24. The van der Waals surface area contributed by atoms with Crippen LogP contribution in [-0.2, 0) is 12.8 Å². The summed E-state index contributed by atoms with van der Waals surface area (Å²) in [4.78, 5) is 26.1. The van der Waals surface area contributed by atoms with Gasteiger partial charge in [0.1, 0.15) is 5.75 Å². The van der Waals surface area contributed by atoms with Crippen LogP contribution in [0.5, 0.6) is 5.75 Å². The molecule has 1 aliphatic carbocycles. The summed E-state index contributed by atoms with van der Waals surface area (Å²) in [6.07, 6.45) is 4.26. The van der Waals surface area contributed by atoms with Crippen LogP contribution in [0.3, 0.4) is 0 Å². The molecule has 0 unspecified atom stereocenters. The largest absolute Gasteiger partial charge is 0.415 e. The fourth-order valence-corrected chi connectivity index (χ4v) is 3.34. The topological polar surface area (TPSA) is 58.6 Å². The molecule has 0 saturated carbocycles. The quantitative estimate of drug-likeness (QED) is 0.837. The number of carbonyl (C=O) groups excluding carboxylic acids is 2. The molecule has 0 spiro atoms. The van der Waals surface area contributed by atoms with Gasteiger partial charge in [-0.05, 0) is 87.1 Å². The third-order valence-electron chi connectivity index (χ3n) is 4.95. The summed E-state index contributed by atoms with van der Waals surface area (Å²) in [6.45, 7) is 4.99. The molecule has 5 heteroatoms. The molecule has 0 radical (unpaired) electrons. The first kappa shape index (κ1) is 19.0. The van der Waals surface area contributed by atoms with Gasteiger partial charge in [0.15, 0.2) is 0 Å². The average Bonchev–Trinajstić information content (AvgIpc) is 2.69. The first-order valence-corrected chi connectivity index (χ1v) is 9.60. The van der Waals surface area contributed by atoms with E-state index < -0.39 is 0 Å². The Balaban J connectivity index is 1.63. The van der Waals surface area contributed by atoms with Gasteiger partial charge in [0, 0.05) is 24.3 Å². The number of amides is 2. The molecule has 0 bridgehead atoms. The monoisotopic (exact) mass is 366 g/mol. The Bertz CT molecular complexity index is 811. The molecular weight excluding hydrogens is 340 g/mol. The highest BCUT2D eigenvalue weighted by atomic mass is 16.6. The van der Waals surface area contributed by atoms with E-state index in [4.69, 9.17) is 4.74 Å². The Morgan fingerprint density at radius 1 is 0.963 bits per heavy atom. The third-order valence-corrected chi connectivity index (χ3v) is 4.95. The van der Waals surface area contributed by atoms with Crippen molar-refractivity contribution in [1.29, 1.82) is 0 Å². The second kappa shape index (κ2) is 8.71. The zero-order valence-electron chi connectivity index (χ0n) is 16.0. The van der Waals surface area contributed by atoms with Gasteiger partial charge in [-0.1, -0.05) is 6.07 Å². The van der Waals surface area contributed by atoms with Gasteiger partial charge in [-0.2, -0.15) is 0 Å². The predicted octanol–water partition coefficient (Wildman–Crippen LogP) is 4.66. The smallest absolute Gasteiger partial charge is 0.410 e. The van der Waals surface area contributed by atoms with E-state index in [1.807, 2.05) is 19.9 Å². The van der Waals surface area contributed by atoms with E-state index in [1.54, 1.807) is 29.2 Å². The van der Waals surface area contributed by atoms with E-state index >= 15 is 0 Å². The SMILES string of the molecule is CCN(CC)C(=O)Oc1ccc(C(=O)Nc2ccc3c(c2)CCCC3)cc1. The molecule has 27 heavy (non-hydrogen) atoms. The van der Waals surface area contributed by atoms with Crippen LogP contribution in [0.2, 0.25) is 0 Å². The lowest BCUT2D eigenvalue weighted by Gasteiger charge is -2.18. The maximum Gasteiger partial charge on any atom is 0.415 e. The highest BCUT2D eigenvalue weighted by molar-refractivity contribution is 6.04. The van der Waals surface area contributed by atoms with Gasteiger partial charge in [0.2, 0.25) is 0 Å². The lowest BCUT2D eigenvalue weighted by molar-refractivity contribution is 0.102. The molecule has 0 heterocycles. The summed E-state index contributed by atoms with van der Waals surface area (Å²) in [5.74, 6) is 0.254. The molecule has 0 aromatic heterocycles. The molecule has 5 nitrogen and oxygen atoms in total. The van der Waals surface area contributed by atoms with Crippen molar-refractivity contribution in [3.63, 3.8) is 0 Å². The number of carbonyl (C=O) groups is 2. The molecule has 142 valence electrons. The summed E-state index contributed by atoms with van der Waals surface area (Å²) in [6, 6.07) is 12.8. The van der Waals surface area contributed by atoms with E-state index in [1.165, 1.54) is 24.0 Å². The molecule has 1 aliphatic rings. The zero-order valence-corrected chi connectivity index (χ0v) is 16.0. The number of nitrogens with one attached hydrogen (secondary N) is 1. The molecule has 0 atom stereocenters. The Morgan fingerprint density at radius 2 is 1.63 bits per heavy atom. The Hall–Kier alpha value is -2.82. The number of ether oxygens (including phenoxy) is 1. The van der Waals surface area contributed by atoms with E-state index in [2.05, 4.69) is 17.4 Å². The maximum atomic E-state index is 12.5. The van der Waals surface area contributed by atoms with Crippen molar-refractivity contribution in [1.82, 2.24) is 4.90 Å². The van der Waals surface area contributed by atoms with Crippen molar-refractivity contribution in [3.05, 3.63) is 59.2 Å². The van der Waals surface area contributed by atoms with Crippen LogP contribution < -0.4 is 10.1 Å². The molecule has 2 aromatic rings. The number of hydrogen-bond donors (Lipinski definition) is 1. The predicted molar refractivity (Wildman–Crippen MR) is 106 cm³/mol. The number of hydrogen-bond acceptors (Lipinski definition) is 3. The maximum absolute atomic E-state index is 12.5. The molecule has 0 aliphatic heterocycles. The molecule has 0 fully saturated rings. The Labute approximate surface area is 160 Å². The van der Waals surface area contributed by atoms with Gasteiger partial charge in [0.05, 0.1) is 0 Å². The average molecular weight is 366 g/mol. The van der Waals surface area contributed by atoms with Crippen LogP contribution in [0.1, 0.15) is 48.2 Å². The number of benzene rings is 2. The number of aryl methyl sites for hydroxylation is 2. The molecule has 1 N–H and O–H groups in total. The molecule has 2 amide bonds. The molecule has 2 aromatic carbocycles. The lowest BCUT2D eigenvalue weighted by Crippen LogP contribution is -2.33. The van der Waals surface area contributed by atoms with E-state index in [0.717, 1.165) is 18.5 Å². The van der Waals surface area contributed by atoms with Gasteiger partial charge in [0.25, 0.3) is 5.91 Å². The van der Waals surface area contributed by atoms with E-state index in [-0.39, 0.29) is 12.0 Å². The summed E-state index contributed by atoms with van der Waals surface area (Å²) in [5.41, 5.74) is 4.06. The Morgan fingerprint density at radius 3 is 2.30 bits per heavy atom. The van der Waals surface area contributed by atoms with Crippen molar-refractivity contribution in [2.75, 3.05) is 18.4 Å². The zero-order chi connectivity index (χ0) is 19.2. The van der Waals surface area contributed by atoms with Crippen LogP contribution in [0, 0.1) is 0 Å². The lowest BCUT2D eigenvalue weighted by atomic mass is 9.91. The normalized spacial score (nSPS) is 12.8. The minimum Gasteiger partial charge on any atom is -0.410 e. The minimum atomic E-state index is -0.383. The summed E-state index contributed by atoms with van der Waals surface area (Å²) < 4.78 is 5.33. The first-order chi connectivity index (χ1) is 13.1. The van der Waals surface area contributed by atoms with E-state index in [9.17, 15) is 9.59 Å². The number of nitrogens with zero attached hydrogens (tertiary/aromatic N) is 1. The first-order valence-electron chi connectivity index (χ1n) is 9.60. The van der Waals surface area contributed by atoms with Gasteiger partial charge in [-0.15, -0.1) is 0 Å². The van der Waals surface area contributed by atoms with Gasteiger partial charge in [-0.3, -0.25) is 4.79 Å². The summed E-state index contributed by atoms with van der Waals surface area (Å²) in [7, 11) is 0. The fraction of sp³-hybridized carbons (Fsp3) is 0.364.